The molecule has 0 bridgehead atoms. The van der Waals surface area contributed by atoms with Crippen LogP contribution in [-0.4, -0.2) is 0 Å². The first-order valence-corrected chi connectivity index (χ1v) is 7.61. The normalized spacial score (nSPS) is 20.0. The van der Waals surface area contributed by atoms with E-state index in [1.807, 2.05) is 6.26 Å². The number of aryl methyl sites for hydroxylation is 1. The summed E-state index contributed by atoms with van der Waals surface area (Å²) in [5.41, 5.74) is 2.66. The van der Waals surface area contributed by atoms with Crippen LogP contribution in [0.3, 0.4) is 0 Å². The van der Waals surface area contributed by atoms with Gasteiger partial charge in [-0.05, 0) is 43.5 Å². The van der Waals surface area contributed by atoms with Crippen LogP contribution in [0.5, 0.6) is 0 Å². The first-order chi connectivity index (χ1) is 9.24. The first kappa shape index (κ1) is 12.9. The van der Waals surface area contributed by atoms with Crippen LogP contribution in [0.4, 0.5) is 0 Å². The minimum atomic E-state index is 0.346. The Morgan fingerprint density at radius 3 is 2.84 bits per heavy atom. The average molecular weight is 320 g/mol. The van der Waals surface area contributed by atoms with Crippen molar-refractivity contribution >= 4 is 15.9 Å². The van der Waals surface area contributed by atoms with Gasteiger partial charge in [0.2, 0.25) is 0 Å². The van der Waals surface area contributed by atoms with Crippen LogP contribution in [0, 0.1) is 0 Å². The molecule has 2 nitrogen and oxygen atoms in total. The number of rotatable bonds is 3. The molecule has 1 aromatic heterocycles. The van der Waals surface area contributed by atoms with Crippen LogP contribution in [-0.2, 0) is 6.42 Å². The van der Waals surface area contributed by atoms with Crippen LogP contribution >= 0.6 is 15.9 Å². The molecule has 1 unspecified atom stereocenters. The van der Waals surface area contributed by atoms with Crippen LogP contribution in [0.2, 0.25) is 0 Å². The van der Waals surface area contributed by atoms with Crippen molar-refractivity contribution in [3.8, 4) is 0 Å². The standard InChI is InChI=1S/C16H18BrNO/c1-11(12-5-7-13(17)8-6-12)18-15-3-2-4-16-14(15)9-10-19-16/h5-11,15,18H,2-4H2,1H3/t11-,15?/m1/s1. The highest BCUT2D eigenvalue weighted by atomic mass is 79.9. The Bertz CT molecular complexity index is 546. The fourth-order valence-corrected chi connectivity index (χ4v) is 3.07. The second-order valence-electron chi connectivity index (χ2n) is 5.18. The highest BCUT2D eigenvalue weighted by Gasteiger charge is 2.23. The number of halogens is 1. The Hall–Kier alpha value is -1.06. The summed E-state index contributed by atoms with van der Waals surface area (Å²) in [6.07, 6.45) is 5.28. The van der Waals surface area contributed by atoms with E-state index in [-0.39, 0.29) is 0 Å². The molecule has 3 rings (SSSR count). The summed E-state index contributed by atoms with van der Waals surface area (Å²) >= 11 is 3.48. The lowest BCUT2D eigenvalue weighted by atomic mass is 9.92. The Balaban J connectivity index is 1.74. The van der Waals surface area contributed by atoms with E-state index in [0.717, 1.165) is 16.7 Å². The molecular weight excluding hydrogens is 302 g/mol. The third-order valence-corrected chi connectivity index (χ3v) is 4.40. The molecule has 19 heavy (non-hydrogen) atoms. The molecule has 0 amide bonds. The predicted octanol–water partition coefficient (Wildman–Crippen LogP) is 4.77. The fraction of sp³-hybridized carbons (Fsp3) is 0.375. The molecule has 0 spiro atoms. The maximum absolute atomic E-state index is 5.54. The van der Waals surface area contributed by atoms with E-state index in [1.54, 1.807) is 0 Å². The lowest BCUT2D eigenvalue weighted by molar-refractivity contribution is 0.385. The Labute approximate surface area is 122 Å². The van der Waals surface area contributed by atoms with Gasteiger partial charge in [-0.15, -0.1) is 0 Å². The van der Waals surface area contributed by atoms with Gasteiger partial charge in [-0.25, -0.2) is 0 Å². The zero-order chi connectivity index (χ0) is 13.2. The number of nitrogens with one attached hydrogen (secondary N) is 1. The summed E-state index contributed by atoms with van der Waals surface area (Å²) in [6, 6.07) is 11.4. The fourth-order valence-electron chi connectivity index (χ4n) is 2.81. The molecular formula is C16H18BrNO. The number of furan rings is 1. The van der Waals surface area contributed by atoms with Gasteiger partial charge >= 0.3 is 0 Å². The molecule has 0 saturated carbocycles. The van der Waals surface area contributed by atoms with Crippen LogP contribution < -0.4 is 5.32 Å². The van der Waals surface area contributed by atoms with E-state index in [9.17, 15) is 0 Å². The van der Waals surface area contributed by atoms with Crippen molar-refractivity contribution in [1.82, 2.24) is 5.32 Å². The molecule has 3 heteroatoms. The number of benzene rings is 1. The smallest absolute Gasteiger partial charge is 0.108 e. The van der Waals surface area contributed by atoms with Gasteiger partial charge in [-0.2, -0.15) is 0 Å². The lowest BCUT2D eigenvalue weighted by Gasteiger charge is -2.26. The zero-order valence-electron chi connectivity index (χ0n) is 11.0. The molecule has 0 fully saturated rings. The van der Waals surface area contributed by atoms with Gasteiger partial charge in [-0.1, -0.05) is 28.1 Å². The quantitative estimate of drug-likeness (QED) is 0.881. The van der Waals surface area contributed by atoms with E-state index in [4.69, 9.17) is 4.42 Å². The maximum Gasteiger partial charge on any atom is 0.108 e. The average Bonchev–Trinajstić information content (AvgIpc) is 2.89. The molecule has 1 aliphatic rings. The van der Waals surface area contributed by atoms with Gasteiger partial charge in [0.15, 0.2) is 0 Å². The third kappa shape index (κ3) is 2.77. The first-order valence-electron chi connectivity index (χ1n) is 6.82. The molecule has 1 heterocycles. The summed E-state index contributed by atoms with van der Waals surface area (Å²) in [5, 5.41) is 3.72. The van der Waals surface area contributed by atoms with Gasteiger partial charge in [0.05, 0.1) is 6.26 Å². The summed E-state index contributed by atoms with van der Waals surface area (Å²) in [5.74, 6) is 1.16. The molecule has 2 aromatic rings. The van der Waals surface area contributed by atoms with E-state index < -0.39 is 0 Å². The Kier molecular flexibility index (Phi) is 3.76. The van der Waals surface area contributed by atoms with Gasteiger partial charge in [-0.3, -0.25) is 0 Å². The van der Waals surface area contributed by atoms with Crippen LogP contribution in [0.1, 0.15) is 48.7 Å². The molecule has 1 N–H and O–H groups in total. The SMILES string of the molecule is C[C@@H](NC1CCCc2occc21)c1ccc(Br)cc1. The third-order valence-electron chi connectivity index (χ3n) is 3.87. The molecule has 2 atom stereocenters. The van der Waals surface area contributed by atoms with Crippen molar-refractivity contribution in [3.05, 3.63) is 58.0 Å². The molecule has 100 valence electrons. The summed E-state index contributed by atoms with van der Waals surface area (Å²) < 4.78 is 6.67. The minimum absolute atomic E-state index is 0.346. The van der Waals surface area contributed by atoms with Crippen LogP contribution in [0.25, 0.3) is 0 Å². The second kappa shape index (κ2) is 5.51. The molecule has 0 radical (unpaired) electrons. The predicted molar refractivity (Wildman–Crippen MR) is 80.1 cm³/mol. The number of hydrogen-bond donors (Lipinski definition) is 1. The van der Waals surface area contributed by atoms with E-state index >= 15 is 0 Å². The molecule has 0 saturated heterocycles. The van der Waals surface area contributed by atoms with Crippen molar-refractivity contribution in [2.24, 2.45) is 0 Å². The molecule has 0 aliphatic heterocycles. The largest absolute Gasteiger partial charge is 0.469 e. The van der Waals surface area contributed by atoms with Crippen molar-refractivity contribution in [2.45, 2.75) is 38.3 Å². The van der Waals surface area contributed by atoms with Crippen molar-refractivity contribution in [1.29, 1.82) is 0 Å². The van der Waals surface area contributed by atoms with Gasteiger partial charge in [0, 0.05) is 28.5 Å². The van der Waals surface area contributed by atoms with Gasteiger partial charge < -0.3 is 9.73 Å². The van der Waals surface area contributed by atoms with E-state index in [2.05, 4.69) is 58.5 Å². The number of fused-ring (bicyclic) bond motifs is 1. The van der Waals surface area contributed by atoms with E-state index in [1.165, 1.54) is 24.0 Å². The van der Waals surface area contributed by atoms with Gasteiger partial charge in [0.25, 0.3) is 0 Å². The second-order valence-corrected chi connectivity index (χ2v) is 6.10. The molecule has 1 aliphatic carbocycles. The van der Waals surface area contributed by atoms with Crippen molar-refractivity contribution in [2.75, 3.05) is 0 Å². The van der Waals surface area contributed by atoms with Gasteiger partial charge in [0.1, 0.15) is 5.76 Å². The summed E-state index contributed by atoms with van der Waals surface area (Å²) in [6.45, 7) is 2.22. The number of hydrogen-bond acceptors (Lipinski definition) is 2. The molecule has 1 aromatic carbocycles. The topological polar surface area (TPSA) is 25.2 Å². The zero-order valence-corrected chi connectivity index (χ0v) is 12.6. The Morgan fingerprint density at radius 1 is 1.26 bits per heavy atom. The summed E-state index contributed by atoms with van der Waals surface area (Å²) in [4.78, 5) is 0. The monoisotopic (exact) mass is 319 g/mol. The Morgan fingerprint density at radius 2 is 2.05 bits per heavy atom. The highest BCUT2D eigenvalue weighted by molar-refractivity contribution is 9.10. The van der Waals surface area contributed by atoms with Crippen molar-refractivity contribution < 1.29 is 4.42 Å². The minimum Gasteiger partial charge on any atom is -0.469 e. The van der Waals surface area contributed by atoms with E-state index in [0.29, 0.717) is 12.1 Å². The maximum atomic E-state index is 5.54. The van der Waals surface area contributed by atoms with Crippen LogP contribution in [0.15, 0.2) is 45.5 Å². The lowest BCUT2D eigenvalue weighted by Crippen LogP contribution is -2.27. The highest BCUT2D eigenvalue weighted by Crippen LogP contribution is 2.32. The van der Waals surface area contributed by atoms with Crippen molar-refractivity contribution in [3.63, 3.8) is 0 Å². The summed E-state index contributed by atoms with van der Waals surface area (Å²) in [7, 11) is 0.